The van der Waals surface area contributed by atoms with Crippen LogP contribution in [0.5, 0.6) is 11.5 Å². The van der Waals surface area contributed by atoms with Gasteiger partial charge in [-0.05, 0) is 51.4 Å². The fraction of sp³-hybridized carbons (Fsp3) is 0.111. The zero-order chi connectivity index (χ0) is 19.2. The van der Waals surface area contributed by atoms with Gasteiger partial charge in [-0.1, -0.05) is 30.3 Å². The van der Waals surface area contributed by atoms with Crippen molar-refractivity contribution in [2.75, 3.05) is 7.11 Å². The lowest BCUT2D eigenvalue weighted by atomic mass is 10.2. The first-order valence-corrected chi connectivity index (χ1v) is 9.04. The topological polar surface area (TPSA) is 81.5 Å². The third-order valence-corrected chi connectivity index (χ3v) is 4.39. The highest BCUT2D eigenvalue weighted by atomic mass is 79.9. The van der Waals surface area contributed by atoms with Crippen molar-refractivity contribution in [3.8, 4) is 11.5 Å². The number of nitrogens with one attached hydrogen (secondary N) is 1. The monoisotopic (exact) mass is 446 g/mol. The molecule has 0 fully saturated rings. The highest BCUT2D eigenvalue weighted by Crippen LogP contribution is 2.36. The molecule has 0 spiro atoms. The first kappa shape index (κ1) is 19.0. The second-order valence-electron chi connectivity index (χ2n) is 5.38. The van der Waals surface area contributed by atoms with Crippen LogP contribution >= 0.6 is 28.1 Å². The maximum atomic E-state index is 11.8. The molecule has 3 aromatic rings. The molecule has 1 N–H and O–H groups in total. The molecule has 0 bridgehead atoms. The first-order chi connectivity index (χ1) is 13.1. The molecule has 0 amide bonds. The minimum absolute atomic E-state index is 0.104. The Balaban J connectivity index is 1.86. The molecule has 9 heteroatoms. The van der Waals surface area contributed by atoms with Crippen LogP contribution in [0, 0.1) is 4.77 Å². The fourth-order valence-electron chi connectivity index (χ4n) is 2.26. The molecule has 0 saturated carbocycles. The number of aromatic amines is 1. The smallest absolute Gasteiger partial charge is 0.293 e. The molecule has 0 aliphatic heterocycles. The lowest BCUT2D eigenvalue weighted by molar-refractivity contribution is 0.282. The number of hydrogen-bond acceptors (Lipinski definition) is 6. The van der Waals surface area contributed by atoms with Crippen molar-refractivity contribution in [3.05, 3.63) is 79.4 Å². The molecule has 0 aliphatic carbocycles. The van der Waals surface area contributed by atoms with E-state index in [1.54, 1.807) is 13.2 Å². The summed E-state index contributed by atoms with van der Waals surface area (Å²) in [6.07, 6.45) is 2.60. The van der Waals surface area contributed by atoms with Gasteiger partial charge in [-0.2, -0.15) is 14.9 Å². The first-order valence-electron chi connectivity index (χ1n) is 7.84. The summed E-state index contributed by atoms with van der Waals surface area (Å²) in [6.45, 7) is 0.408. The Bertz CT molecular complexity index is 1050. The summed E-state index contributed by atoms with van der Waals surface area (Å²) >= 11 is 8.50. The normalized spacial score (nSPS) is 10.9. The standard InChI is InChI=1S/C18H15BrN4O3S/c1-25-15-8-13(9-21-23-16(24)10-20-22-18(23)27)7-14(19)17(15)26-11-12-5-3-2-4-6-12/h2-10H,11H2,1H3,(H,22,27)/b21-9+. The van der Waals surface area contributed by atoms with Crippen LogP contribution in [-0.2, 0) is 6.61 Å². The van der Waals surface area contributed by atoms with Gasteiger partial charge in [-0.3, -0.25) is 9.89 Å². The van der Waals surface area contributed by atoms with Gasteiger partial charge in [0.2, 0.25) is 4.77 Å². The number of benzene rings is 2. The van der Waals surface area contributed by atoms with Crippen molar-refractivity contribution in [1.82, 2.24) is 14.9 Å². The molecule has 0 aliphatic rings. The van der Waals surface area contributed by atoms with Crippen molar-refractivity contribution in [3.63, 3.8) is 0 Å². The lowest BCUT2D eigenvalue weighted by Crippen LogP contribution is -2.18. The zero-order valence-electron chi connectivity index (χ0n) is 14.3. The van der Waals surface area contributed by atoms with Crippen LogP contribution in [0.4, 0.5) is 0 Å². The van der Waals surface area contributed by atoms with Crippen molar-refractivity contribution in [2.24, 2.45) is 5.10 Å². The van der Waals surface area contributed by atoms with Crippen LogP contribution in [0.2, 0.25) is 0 Å². The van der Waals surface area contributed by atoms with E-state index in [9.17, 15) is 4.79 Å². The average Bonchev–Trinajstić information content (AvgIpc) is 2.67. The van der Waals surface area contributed by atoms with Gasteiger partial charge in [0.1, 0.15) is 12.8 Å². The van der Waals surface area contributed by atoms with Gasteiger partial charge < -0.3 is 9.47 Å². The van der Waals surface area contributed by atoms with E-state index in [4.69, 9.17) is 21.7 Å². The summed E-state index contributed by atoms with van der Waals surface area (Å²) in [5.74, 6) is 1.12. The second-order valence-corrected chi connectivity index (χ2v) is 6.62. The number of ether oxygens (including phenoxy) is 2. The van der Waals surface area contributed by atoms with E-state index in [1.165, 1.54) is 6.21 Å². The number of rotatable bonds is 6. The van der Waals surface area contributed by atoms with Crippen LogP contribution in [0.15, 0.2) is 63.0 Å². The summed E-state index contributed by atoms with van der Waals surface area (Å²) in [5, 5.41) is 10.2. The molecule has 27 heavy (non-hydrogen) atoms. The molecule has 0 atom stereocenters. The van der Waals surface area contributed by atoms with Gasteiger partial charge in [0, 0.05) is 0 Å². The predicted molar refractivity (Wildman–Crippen MR) is 108 cm³/mol. The van der Waals surface area contributed by atoms with E-state index in [-0.39, 0.29) is 4.77 Å². The third kappa shape index (κ3) is 4.69. The Morgan fingerprint density at radius 3 is 2.81 bits per heavy atom. The SMILES string of the molecule is COc1cc(/C=N/n2c(=O)cn[nH]c2=S)cc(Br)c1OCc1ccccc1. The van der Waals surface area contributed by atoms with Crippen LogP contribution in [-0.4, -0.2) is 28.2 Å². The Morgan fingerprint density at radius 1 is 1.33 bits per heavy atom. The van der Waals surface area contributed by atoms with Crippen molar-refractivity contribution >= 4 is 34.4 Å². The highest BCUT2D eigenvalue weighted by molar-refractivity contribution is 9.10. The van der Waals surface area contributed by atoms with E-state index in [1.807, 2.05) is 36.4 Å². The zero-order valence-corrected chi connectivity index (χ0v) is 16.7. The molecule has 0 unspecified atom stereocenters. The van der Waals surface area contributed by atoms with Crippen LogP contribution in [0.1, 0.15) is 11.1 Å². The number of H-pyrrole nitrogens is 1. The van der Waals surface area contributed by atoms with Crippen molar-refractivity contribution in [2.45, 2.75) is 6.61 Å². The molecule has 3 rings (SSSR count). The maximum absolute atomic E-state index is 11.8. The van der Waals surface area contributed by atoms with Gasteiger partial charge in [-0.15, -0.1) is 0 Å². The Labute approximate surface area is 168 Å². The highest BCUT2D eigenvalue weighted by Gasteiger charge is 2.11. The van der Waals surface area contributed by atoms with E-state index < -0.39 is 5.56 Å². The molecule has 0 saturated heterocycles. The van der Waals surface area contributed by atoms with E-state index in [0.29, 0.717) is 28.1 Å². The third-order valence-electron chi connectivity index (χ3n) is 3.54. The summed E-state index contributed by atoms with van der Waals surface area (Å²) in [6, 6.07) is 13.4. The number of hydrogen-bond donors (Lipinski definition) is 1. The lowest BCUT2D eigenvalue weighted by Gasteiger charge is -2.13. The predicted octanol–water partition coefficient (Wildman–Crippen LogP) is 3.53. The van der Waals surface area contributed by atoms with Gasteiger partial charge in [0.15, 0.2) is 11.5 Å². The van der Waals surface area contributed by atoms with E-state index in [2.05, 4.69) is 31.2 Å². The van der Waals surface area contributed by atoms with Gasteiger partial charge >= 0.3 is 0 Å². The molecule has 138 valence electrons. The van der Waals surface area contributed by atoms with Gasteiger partial charge in [-0.25, -0.2) is 0 Å². The molecule has 2 aromatic carbocycles. The van der Waals surface area contributed by atoms with Crippen molar-refractivity contribution < 1.29 is 9.47 Å². The average molecular weight is 447 g/mol. The number of methoxy groups -OCH3 is 1. The van der Waals surface area contributed by atoms with E-state index >= 15 is 0 Å². The summed E-state index contributed by atoms with van der Waals surface area (Å²) < 4.78 is 13.2. The Hall–Kier alpha value is -2.78. The van der Waals surface area contributed by atoms with Crippen LogP contribution in [0.25, 0.3) is 0 Å². The molecule has 7 nitrogen and oxygen atoms in total. The minimum atomic E-state index is -0.427. The van der Waals surface area contributed by atoms with Gasteiger partial charge in [0.25, 0.3) is 5.56 Å². The number of aromatic nitrogens is 3. The molecular formula is C18H15BrN4O3S. The summed E-state index contributed by atoms with van der Waals surface area (Å²) in [7, 11) is 1.56. The second kappa shape index (κ2) is 8.74. The minimum Gasteiger partial charge on any atom is -0.493 e. The Kier molecular flexibility index (Phi) is 6.15. The quantitative estimate of drug-likeness (QED) is 0.462. The van der Waals surface area contributed by atoms with Crippen molar-refractivity contribution in [1.29, 1.82) is 0 Å². The number of halogens is 1. The summed E-state index contributed by atoms with van der Waals surface area (Å²) in [5.41, 5.74) is 1.32. The molecule has 1 heterocycles. The molecule has 1 aromatic heterocycles. The van der Waals surface area contributed by atoms with Crippen LogP contribution < -0.4 is 15.0 Å². The fourth-order valence-corrected chi connectivity index (χ4v) is 3.03. The maximum Gasteiger partial charge on any atom is 0.293 e. The Morgan fingerprint density at radius 2 is 2.11 bits per heavy atom. The molecule has 0 radical (unpaired) electrons. The largest absolute Gasteiger partial charge is 0.493 e. The van der Waals surface area contributed by atoms with E-state index in [0.717, 1.165) is 16.4 Å². The van der Waals surface area contributed by atoms with Gasteiger partial charge in [0.05, 0.1) is 17.8 Å². The summed E-state index contributed by atoms with van der Waals surface area (Å²) in [4.78, 5) is 11.8. The molecular weight excluding hydrogens is 432 g/mol. The number of nitrogens with zero attached hydrogens (tertiary/aromatic N) is 3. The van der Waals surface area contributed by atoms with Crippen LogP contribution in [0.3, 0.4) is 0 Å².